The highest BCUT2D eigenvalue weighted by Gasteiger charge is 2.28. The standard InChI is InChI=1S/C18H22N3O4/c1-24-15-11-14(12-16(13-15)25-2)18(22)20-9-7-19(8-10-20)17-5-3-4-6-21(17)23/h3-6,11-13,23H,7-10H2,1-2H3/q+1. The number of rotatable bonds is 4. The van der Waals surface area contributed by atoms with Crippen molar-refractivity contribution in [3.05, 3.63) is 48.2 Å². The maximum atomic E-state index is 12.8. The summed E-state index contributed by atoms with van der Waals surface area (Å²) < 4.78 is 11.6. The summed E-state index contributed by atoms with van der Waals surface area (Å²) in [5, 5.41) is 9.90. The first kappa shape index (κ1) is 16.9. The maximum Gasteiger partial charge on any atom is 0.316 e. The SMILES string of the molecule is COc1cc(OC)cc(C(=O)N2CCN(c3cccc[n+]3O)CC2)c1. The second kappa shape index (κ2) is 7.29. The highest BCUT2D eigenvalue weighted by Crippen LogP contribution is 2.24. The molecular formula is C18H22N3O4+. The lowest BCUT2D eigenvalue weighted by atomic mass is 10.1. The molecule has 7 nitrogen and oxygen atoms in total. The van der Waals surface area contributed by atoms with Crippen LogP contribution in [-0.2, 0) is 0 Å². The number of carbonyl (C=O) groups excluding carboxylic acids is 1. The fourth-order valence-electron chi connectivity index (χ4n) is 2.93. The lowest BCUT2D eigenvalue weighted by Gasteiger charge is -2.31. The van der Waals surface area contributed by atoms with Crippen LogP contribution in [0.25, 0.3) is 0 Å². The molecule has 1 saturated heterocycles. The highest BCUT2D eigenvalue weighted by atomic mass is 16.5. The number of methoxy groups -OCH3 is 2. The normalized spacial score (nSPS) is 14.3. The number of piperazine rings is 1. The van der Waals surface area contributed by atoms with E-state index in [-0.39, 0.29) is 5.91 Å². The van der Waals surface area contributed by atoms with Gasteiger partial charge in [-0.15, -0.1) is 0 Å². The minimum Gasteiger partial charge on any atom is -0.497 e. The monoisotopic (exact) mass is 344 g/mol. The quantitative estimate of drug-likeness (QED) is 0.667. The van der Waals surface area contributed by atoms with Crippen LogP contribution in [0.15, 0.2) is 42.6 Å². The Morgan fingerprint density at radius 1 is 1.04 bits per heavy atom. The van der Waals surface area contributed by atoms with Crippen molar-refractivity contribution in [1.82, 2.24) is 4.90 Å². The summed E-state index contributed by atoms with van der Waals surface area (Å²) in [5.74, 6) is 1.85. The van der Waals surface area contributed by atoms with E-state index in [4.69, 9.17) is 9.47 Å². The topological polar surface area (TPSA) is 66.1 Å². The number of anilines is 1. The number of amides is 1. The van der Waals surface area contributed by atoms with Gasteiger partial charge < -0.3 is 19.6 Å². The lowest BCUT2D eigenvalue weighted by Crippen LogP contribution is -2.52. The molecule has 25 heavy (non-hydrogen) atoms. The number of hydrogen-bond acceptors (Lipinski definition) is 5. The van der Waals surface area contributed by atoms with Crippen LogP contribution in [0, 0.1) is 0 Å². The van der Waals surface area contributed by atoms with Gasteiger partial charge in [-0.05, 0) is 18.2 Å². The van der Waals surface area contributed by atoms with Crippen molar-refractivity contribution in [2.75, 3.05) is 45.3 Å². The minimum atomic E-state index is -0.0539. The molecule has 7 heteroatoms. The van der Waals surface area contributed by atoms with Gasteiger partial charge >= 0.3 is 5.82 Å². The van der Waals surface area contributed by atoms with Crippen molar-refractivity contribution < 1.29 is 24.2 Å². The van der Waals surface area contributed by atoms with Crippen LogP contribution in [0.3, 0.4) is 0 Å². The molecule has 1 amide bonds. The third kappa shape index (κ3) is 3.60. The molecule has 1 aromatic heterocycles. The van der Waals surface area contributed by atoms with Crippen molar-refractivity contribution in [2.45, 2.75) is 0 Å². The van der Waals surface area contributed by atoms with Gasteiger partial charge in [-0.2, -0.15) is 0 Å². The Kier molecular flexibility index (Phi) is 4.92. The third-order valence-corrected chi connectivity index (χ3v) is 4.31. The van der Waals surface area contributed by atoms with E-state index in [9.17, 15) is 10.0 Å². The van der Waals surface area contributed by atoms with Crippen LogP contribution in [0.1, 0.15) is 10.4 Å². The zero-order chi connectivity index (χ0) is 17.8. The van der Waals surface area contributed by atoms with Crippen molar-refractivity contribution in [3.63, 3.8) is 0 Å². The summed E-state index contributed by atoms with van der Waals surface area (Å²) in [6.07, 6.45) is 1.59. The van der Waals surface area contributed by atoms with E-state index in [2.05, 4.69) is 4.90 Å². The average Bonchev–Trinajstić information content (AvgIpc) is 2.67. The van der Waals surface area contributed by atoms with Gasteiger partial charge in [0, 0.05) is 17.7 Å². The Labute approximate surface area is 146 Å². The molecule has 0 bridgehead atoms. The maximum absolute atomic E-state index is 12.8. The molecule has 1 aromatic carbocycles. The largest absolute Gasteiger partial charge is 0.497 e. The first-order valence-corrected chi connectivity index (χ1v) is 8.09. The molecular weight excluding hydrogens is 322 g/mol. The molecule has 3 rings (SSSR count). The van der Waals surface area contributed by atoms with Gasteiger partial charge in [0.05, 0.1) is 27.3 Å². The van der Waals surface area contributed by atoms with Gasteiger partial charge in [-0.1, -0.05) is 10.8 Å². The smallest absolute Gasteiger partial charge is 0.316 e. The first-order chi connectivity index (χ1) is 12.1. The summed E-state index contributed by atoms with van der Waals surface area (Å²) >= 11 is 0. The molecule has 1 fully saturated rings. The van der Waals surface area contributed by atoms with Crippen LogP contribution in [-0.4, -0.2) is 56.4 Å². The van der Waals surface area contributed by atoms with E-state index in [1.807, 2.05) is 12.1 Å². The van der Waals surface area contributed by atoms with Crippen LogP contribution in [0.5, 0.6) is 11.5 Å². The van der Waals surface area contributed by atoms with Crippen LogP contribution >= 0.6 is 0 Å². The van der Waals surface area contributed by atoms with Gasteiger partial charge in [0.1, 0.15) is 30.8 Å². The zero-order valence-electron chi connectivity index (χ0n) is 14.4. The second-order valence-corrected chi connectivity index (χ2v) is 5.78. The third-order valence-electron chi connectivity index (χ3n) is 4.31. The number of nitrogens with zero attached hydrogens (tertiary/aromatic N) is 3. The summed E-state index contributed by atoms with van der Waals surface area (Å²) in [6.45, 7) is 2.45. The molecule has 1 N–H and O–H groups in total. The molecule has 132 valence electrons. The number of aromatic nitrogens is 1. The average molecular weight is 344 g/mol. The van der Waals surface area contributed by atoms with E-state index in [1.54, 1.807) is 49.6 Å². The second-order valence-electron chi connectivity index (χ2n) is 5.78. The van der Waals surface area contributed by atoms with Crippen molar-refractivity contribution in [3.8, 4) is 11.5 Å². The number of carbonyl (C=O) groups is 1. The molecule has 1 aliphatic rings. The summed E-state index contributed by atoms with van der Waals surface area (Å²) in [6, 6.07) is 10.7. The predicted molar refractivity (Wildman–Crippen MR) is 91.5 cm³/mol. The number of ether oxygens (including phenoxy) is 2. The van der Waals surface area contributed by atoms with E-state index < -0.39 is 0 Å². The van der Waals surface area contributed by atoms with E-state index in [1.165, 1.54) is 0 Å². The van der Waals surface area contributed by atoms with Gasteiger partial charge in [-0.3, -0.25) is 9.69 Å². The van der Waals surface area contributed by atoms with Crippen molar-refractivity contribution in [2.24, 2.45) is 0 Å². The molecule has 0 unspecified atom stereocenters. The van der Waals surface area contributed by atoms with Crippen LogP contribution < -0.4 is 19.1 Å². The summed E-state index contributed by atoms with van der Waals surface area (Å²) in [4.78, 5) is 16.6. The Morgan fingerprint density at radius 3 is 2.24 bits per heavy atom. The summed E-state index contributed by atoms with van der Waals surface area (Å²) in [7, 11) is 3.12. The van der Waals surface area contributed by atoms with E-state index in [0.717, 1.165) is 10.5 Å². The number of pyridine rings is 1. The predicted octanol–water partition coefficient (Wildman–Crippen LogP) is 1.19. The molecule has 0 aliphatic carbocycles. The molecule has 2 aromatic rings. The first-order valence-electron chi connectivity index (χ1n) is 8.09. The molecule has 0 saturated carbocycles. The lowest BCUT2D eigenvalue weighted by molar-refractivity contribution is -0.894. The minimum absolute atomic E-state index is 0.0539. The van der Waals surface area contributed by atoms with Crippen LogP contribution in [0.2, 0.25) is 0 Å². The Morgan fingerprint density at radius 2 is 1.68 bits per heavy atom. The van der Waals surface area contributed by atoms with E-state index in [0.29, 0.717) is 43.2 Å². The molecule has 1 aliphatic heterocycles. The molecule has 0 radical (unpaired) electrons. The number of hydrogen-bond donors (Lipinski definition) is 1. The van der Waals surface area contributed by atoms with Crippen molar-refractivity contribution >= 4 is 11.7 Å². The highest BCUT2D eigenvalue weighted by molar-refractivity contribution is 5.95. The Bertz CT molecular complexity index is 735. The molecule has 0 atom stereocenters. The van der Waals surface area contributed by atoms with Gasteiger partial charge in [0.2, 0.25) is 0 Å². The Hall–Kier alpha value is -2.96. The van der Waals surface area contributed by atoms with Gasteiger partial charge in [0.25, 0.3) is 5.91 Å². The van der Waals surface area contributed by atoms with Gasteiger partial charge in [0.15, 0.2) is 0 Å². The van der Waals surface area contributed by atoms with Crippen molar-refractivity contribution in [1.29, 1.82) is 0 Å². The summed E-state index contributed by atoms with van der Waals surface area (Å²) in [5.41, 5.74) is 0.543. The Balaban J connectivity index is 1.71. The molecule has 2 heterocycles. The zero-order valence-corrected chi connectivity index (χ0v) is 14.4. The van der Waals surface area contributed by atoms with E-state index >= 15 is 0 Å². The fraction of sp³-hybridized carbons (Fsp3) is 0.333. The van der Waals surface area contributed by atoms with Gasteiger partial charge in [-0.25, -0.2) is 0 Å². The molecule has 0 spiro atoms. The fourth-order valence-corrected chi connectivity index (χ4v) is 2.93. The number of benzene rings is 1. The van der Waals surface area contributed by atoms with Crippen LogP contribution in [0.4, 0.5) is 5.82 Å².